The fraction of sp³-hybridized carbons (Fsp3) is 0.562. The Bertz CT molecular complexity index is 567. The Labute approximate surface area is 130 Å². The van der Waals surface area contributed by atoms with Crippen molar-refractivity contribution in [3.05, 3.63) is 30.2 Å². The van der Waals surface area contributed by atoms with Crippen LogP contribution in [0.15, 0.2) is 24.5 Å². The number of nitrogens with one attached hydrogen (secondary N) is 2. The maximum atomic E-state index is 12.7. The summed E-state index contributed by atoms with van der Waals surface area (Å²) in [4.78, 5) is 12.7. The molecule has 1 aliphatic heterocycles. The van der Waals surface area contributed by atoms with Crippen molar-refractivity contribution in [2.24, 2.45) is 11.7 Å². The summed E-state index contributed by atoms with van der Waals surface area (Å²) in [6.45, 7) is 3.22. The van der Waals surface area contributed by atoms with Gasteiger partial charge in [-0.3, -0.25) is 4.79 Å². The molecule has 0 bridgehead atoms. The van der Waals surface area contributed by atoms with Crippen LogP contribution < -0.4 is 16.4 Å². The van der Waals surface area contributed by atoms with E-state index in [9.17, 15) is 4.79 Å². The highest BCUT2D eigenvalue weighted by atomic mass is 16.1. The molecule has 1 spiro atoms. The largest absolute Gasteiger partial charge is 0.404 e. The summed E-state index contributed by atoms with van der Waals surface area (Å²) in [7, 11) is 0. The van der Waals surface area contributed by atoms with E-state index in [1.807, 2.05) is 0 Å². The number of carbonyl (C=O) groups is 1. The molecule has 6 nitrogen and oxygen atoms in total. The molecular formula is C16H23N5O. The molecule has 4 N–H and O–H groups in total. The van der Waals surface area contributed by atoms with Crippen molar-refractivity contribution in [1.29, 1.82) is 0 Å². The molecule has 3 rings (SSSR count). The van der Waals surface area contributed by atoms with Gasteiger partial charge in [-0.2, -0.15) is 10.2 Å². The van der Waals surface area contributed by atoms with E-state index in [1.54, 1.807) is 18.3 Å². The number of carbonyl (C=O) groups excluding carboxylic acids is 1. The minimum Gasteiger partial charge on any atom is -0.404 e. The molecule has 1 aromatic heterocycles. The number of nitrogens with zero attached hydrogens (tertiary/aromatic N) is 2. The molecule has 2 heterocycles. The third-order valence-electron chi connectivity index (χ3n) is 4.92. The van der Waals surface area contributed by atoms with Gasteiger partial charge in [0.2, 0.25) is 0 Å². The lowest BCUT2D eigenvalue weighted by atomic mass is 9.83. The minimum atomic E-state index is -0.165. The van der Waals surface area contributed by atoms with Gasteiger partial charge >= 0.3 is 0 Å². The second kappa shape index (κ2) is 6.04. The van der Waals surface area contributed by atoms with E-state index in [0.29, 0.717) is 17.2 Å². The summed E-state index contributed by atoms with van der Waals surface area (Å²) >= 11 is 0. The first kappa shape index (κ1) is 15.0. The van der Waals surface area contributed by atoms with Gasteiger partial charge in [-0.15, -0.1) is 0 Å². The molecule has 6 heteroatoms. The quantitative estimate of drug-likeness (QED) is 0.716. The lowest BCUT2D eigenvalue weighted by molar-refractivity contribution is -0.117. The zero-order valence-corrected chi connectivity index (χ0v) is 12.9. The number of amides is 1. The third kappa shape index (κ3) is 2.70. The lowest BCUT2D eigenvalue weighted by Crippen LogP contribution is -2.59. The molecule has 1 saturated heterocycles. The van der Waals surface area contributed by atoms with Gasteiger partial charge in [0.25, 0.3) is 5.91 Å². The number of nitrogens with two attached hydrogens (primary N) is 1. The van der Waals surface area contributed by atoms with Crippen molar-refractivity contribution in [2.45, 2.75) is 44.2 Å². The van der Waals surface area contributed by atoms with Gasteiger partial charge in [0, 0.05) is 17.9 Å². The molecule has 22 heavy (non-hydrogen) atoms. The molecule has 0 radical (unpaired) electrons. The van der Waals surface area contributed by atoms with Crippen LogP contribution in [0.4, 0.5) is 0 Å². The van der Waals surface area contributed by atoms with E-state index in [4.69, 9.17) is 5.73 Å². The van der Waals surface area contributed by atoms with Crippen LogP contribution in [0.5, 0.6) is 0 Å². The minimum absolute atomic E-state index is 0.0939. The Morgan fingerprint density at radius 1 is 1.59 bits per heavy atom. The number of hydrogen-bond acceptors (Lipinski definition) is 5. The Morgan fingerprint density at radius 2 is 2.41 bits per heavy atom. The number of aromatic nitrogens is 2. The number of piperidine rings is 1. The SMILES string of the molecule is CCC1CCNC2(CC2)C1NC(=O)C(=CN)c1cccnn1. The predicted molar refractivity (Wildman–Crippen MR) is 84.5 cm³/mol. The molecule has 1 amide bonds. The molecule has 118 valence electrons. The van der Waals surface area contributed by atoms with Crippen molar-refractivity contribution < 1.29 is 4.79 Å². The Morgan fingerprint density at radius 3 is 3.00 bits per heavy atom. The zero-order valence-electron chi connectivity index (χ0n) is 12.9. The van der Waals surface area contributed by atoms with Gasteiger partial charge in [0.05, 0.1) is 17.3 Å². The average molecular weight is 301 g/mol. The van der Waals surface area contributed by atoms with Crippen molar-refractivity contribution in [2.75, 3.05) is 6.54 Å². The van der Waals surface area contributed by atoms with Crippen LogP contribution in [0, 0.1) is 5.92 Å². The highest BCUT2D eigenvalue weighted by Crippen LogP contribution is 2.45. The molecule has 2 fully saturated rings. The summed E-state index contributed by atoms with van der Waals surface area (Å²) < 4.78 is 0. The normalized spacial score (nSPS) is 26.7. The molecule has 2 unspecified atom stereocenters. The fourth-order valence-electron chi connectivity index (χ4n) is 3.49. The standard InChI is InChI=1S/C16H23N5O/c1-2-11-5-9-18-16(6-7-16)14(11)20-15(22)12(10-17)13-4-3-8-19-21-13/h3-4,8,10-11,14,18H,2,5-7,9,17H2,1H3,(H,20,22). The smallest absolute Gasteiger partial charge is 0.255 e. The van der Waals surface area contributed by atoms with E-state index in [-0.39, 0.29) is 17.5 Å². The van der Waals surface area contributed by atoms with Crippen LogP contribution in [-0.2, 0) is 4.79 Å². The van der Waals surface area contributed by atoms with Gasteiger partial charge < -0.3 is 16.4 Å². The van der Waals surface area contributed by atoms with Crippen LogP contribution >= 0.6 is 0 Å². The summed E-state index contributed by atoms with van der Waals surface area (Å²) in [5.74, 6) is 0.343. The highest BCUT2D eigenvalue weighted by Gasteiger charge is 2.54. The maximum absolute atomic E-state index is 12.7. The molecular weight excluding hydrogens is 278 g/mol. The molecule has 1 aromatic rings. The number of rotatable bonds is 4. The van der Waals surface area contributed by atoms with Gasteiger partial charge in [-0.05, 0) is 43.9 Å². The van der Waals surface area contributed by atoms with Crippen molar-refractivity contribution in [3.63, 3.8) is 0 Å². The van der Waals surface area contributed by atoms with Crippen molar-refractivity contribution in [3.8, 4) is 0 Å². The molecule has 2 aliphatic rings. The van der Waals surface area contributed by atoms with Crippen molar-refractivity contribution in [1.82, 2.24) is 20.8 Å². The van der Waals surface area contributed by atoms with E-state index in [0.717, 1.165) is 32.2 Å². The molecule has 2 atom stereocenters. The van der Waals surface area contributed by atoms with Gasteiger partial charge in [0.1, 0.15) is 0 Å². The first-order valence-corrected chi connectivity index (χ1v) is 7.96. The van der Waals surface area contributed by atoms with E-state index < -0.39 is 0 Å². The first-order valence-electron chi connectivity index (χ1n) is 7.96. The Kier molecular flexibility index (Phi) is 4.11. The zero-order chi connectivity index (χ0) is 15.6. The van der Waals surface area contributed by atoms with Crippen LogP contribution in [0.1, 0.15) is 38.3 Å². The van der Waals surface area contributed by atoms with Crippen LogP contribution in [0.2, 0.25) is 0 Å². The van der Waals surface area contributed by atoms with Crippen LogP contribution in [0.3, 0.4) is 0 Å². The average Bonchev–Trinajstić information content (AvgIpc) is 3.31. The molecule has 1 saturated carbocycles. The van der Waals surface area contributed by atoms with Gasteiger partial charge in [-0.25, -0.2) is 0 Å². The first-order chi connectivity index (χ1) is 10.7. The van der Waals surface area contributed by atoms with Gasteiger partial charge in [-0.1, -0.05) is 13.3 Å². The summed E-state index contributed by atoms with van der Waals surface area (Å²) in [5, 5.41) is 14.6. The predicted octanol–water partition coefficient (Wildman–Crippen LogP) is 0.813. The second-order valence-electron chi connectivity index (χ2n) is 6.18. The third-order valence-corrected chi connectivity index (χ3v) is 4.92. The Hall–Kier alpha value is -1.95. The highest BCUT2D eigenvalue weighted by molar-refractivity contribution is 6.18. The summed E-state index contributed by atoms with van der Waals surface area (Å²) in [6, 6.07) is 3.65. The second-order valence-corrected chi connectivity index (χ2v) is 6.18. The summed E-state index contributed by atoms with van der Waals surface area (Å²) in [6.07, 6.45) is 7.31. The topological polar surface area (TPSA) is 92.9 Å². The van der Waals surface area contributed by atoms with E-state index in [2.05, 4.69) is 27.8 Å². The number of hydrogen-bond donors (Lipinski definition) is 3. The van der Waals surface area contributed by atoms with E-state index in [1.165, 1.54) is 6.20 Å². The lowest BCUT2D eigenvalue weighted by Gasteiger charge is -2.40. The van der Waals surface area contributed by atoms with Crippen LogP contribution in [0.25, 0.3) is 5.57 Å². The van der Waals surface area contributed by atoms with Gasteiger partial charge in [0.15, 0.2) is 0 Å². The monoisotopic (exact) mass is 301 g/mol. The summed E-state index contributed by atoms with van der Waals surface area (Å²) in [5.41, 5.74) is 6.63. The molecule has 1 aliphatic carbocycles. The maximum Gasteiger partial charge on any atom is 0.255 e. The molecule has 0 aromatic carbocycles. The Balaban J connectivity index is 1.77. The fourth-order valence-corrected chi connectivity index (χ4v) is 3.49. The van der Waals surface area contributed by atoms with E-state index >= 15 is 0 Å². The van der Waals surface area contributed by atoms with Crippen molar-refractivity contribution >= 4 is 11.5 Å². The van der Waals surface area contributed by atoms with Crippen LogP contribution in [-0.4, -0.2) is 34.2 Å².